The maximum absolute atomic E-state index is 10.9. The topological polar surface area (TPSA) is 108 Å². The lowest BCUT2D eigenvalue weighted by Gasteiger charge is -2.45. The van der Waals surface area contributed by atoms with Gasteiger partial charge in [0.05, 0.1) is 0 Å². The highest BCUT2D eigenvalue weighted by molar-refractivity contribution is 5.87. The molecule has 1 fully saturated rings. The van der Waals surface area contributed by atoms with Gasteiger partial charge in [0.2, 0.25) is 5.91 Å². The monoisotopic (exact) mass is 368 g/mol. The minimum absolute atomic E-state index is 0.0549. The van der Waals surface area contributed by atoms with Crippen molar-refractivity contribution in [1.29, 1.82) is 0 Å². The number of H-pyrrole nitrogens is 1. The number of benzene rings is 1. The zero-order valence-corrected chi connectivity index (χ0v) is 16.1. The molecule has 6 nitrogen and oxygen atoms in total. The number of carbonyl (C=O) groups is 1. The van der Waals surface area contributed by atoms with Crippen LogP contribution in [0.5, 0.6) is 5.75 Å². The van der Waals surface area contributed by atoms with E-state index < -0.39 is 0 Å². The van der Waals surface area contributed by atoms with Gasteiger partial charge in [0, 0.05) is 35.6 Å². The van der Waals surface area contributed by atoms with Gasteiger partial charge in [-0.1, -0.05) is 32.6 Å². The summed E-state index contributed by atoms with van der Waals surface area (Å²) in [5.74, 6) is 0.785. The fourth-order valence-corrected chi connectivity index (χ4v) is 2.99. The molecule has 0 saturated carbocycles. The van der Waals surface area contributed by atoms with Crippen LogP contribution in [-0.2, 0) is 4.79 Å². The van der Waals surface area contributed by atoms with Crippen LogP contribution in [0.3, 0.4) is 0 Å². The fourth-order valence-electron chi connectivity index (χ4n) is 2.99. The molecule has 0 aliphatic carbocycles. The molecular weight excluding hydrogens is 340 g/mol. The van der Waals surface area contributed by atoms with E-state index in [1.165, 1.54) is 6.08 Å². The number of hydrogen-bond acceptors (Lipinski definition) is 4. The number of nitrogens with zero attached hydrogens (tertiary/aromatic N) is 1. The van der Waals surface area contributed by atoms with Crippen molar-refractivity contribution in [3.63, 3.8) is 0 Å². The number of aryl methyl sites for hydroxylation is 1. The lowest BCUT2D eigenvalue weighted by Crippen LogP contribution is -2.54. The van der Waals surface area contributed by atoms with Crippen LogP contribution in [-0.4, -0.2) is 34.0 Å². The zero-order chi connectivity index (χ0) is 20.2. The summed E-state index contributed by atoms with van der Waals surface area (Å²) < 4.78 is 0. The molecule has 0 unspecified atom stereocenters. The molecule has 0 bridgehead atoms. The Morgan fingerprint density at radius 1 is 1.33 bits per heavy atom. The molecule has 27 heavy (non-hydrogen) atoms. The van der Waals surface area contributed by atoms with Crippen LogP contribution in [0.4, 0.5) is 5.82 Å². The van der Waals surface area contributed by atoms with Crippen LogP contribution in [0.2, 0.25) is 0 Å². The number of hydrogen-bond donors (Lipinski definition) is 4. The molecule has 1 amide bonds. The molecule has 3 rings (SSSR count). The van der Waals surface area contributed by atoms with E-state index in [9.17, 15) is 9.90 Å². The third-order valence-electron chi connectivity index (χ3n) is 4.26. The van der Waals surface area contributed by atoms with Gasteiger partial charge in [-0.15, -0.1) is 0 Å². The molecule has 1 aromatic carbocycles. The number of aromatic nitrogens is 1. The molecule has 1 aromatic heterocycles. The van der Waals surface area contributed by atoms with Crippen molar-refractivity contribution in [3.8, 4) is 5.75 Å². The minimum Gasteiger partial charge on any atom is -0.507 e. The van der Waals surface area contributed by atoms with Crippen molar-refractivity contribution < 1.29 is 9.90 Å². The van der Waals surface area contributed by atoms with Crippen LogP contribution >= 0.6 is 0 Å². The first kappa shape index (κ1) is 20.2. The first-order chi connectivity index (χ1) is 12.6. The highest BCUT2D eigenvalue weighted by Crippen LogP contribution is 2.28. The number of carbonyl (C=O) groups excluding carboxylic acids is 1. The number of phenols is 1. The molecule has 1 aliphatic rings. The van der Waals surface area contributed by atoms with E-state index in [0.717, 1.165) is 24.3 Å². The van der Waals surface area contributed by atoms with Crippen LogP contribution in [0, 0.1) is 12.3 Å². The molecule has 2 heterocycles. The summed E-state index contributed by atoms with van der Waals surface area (Å²) >= 11 is 0. The van der Waals surface area contributed by atoms with E-state index in [2.05, 4.69) is 25.4 Å². The molecule has 144 valence electrons. The lowest BCUT2D eigenvalue weighted by atomic mass is 9.84. The van der Waals surface area contributed by atoms with Gasteiger partial charge in [-0.2, -0.15) is 0 Å². The maximum atomic E-state index is 10.9. The van der Waals surface area contributed by atoms with E-state index >= 15 is 0 Å². The maximum Gasteiger partial charge on any atom is 0.245 e. The Morgan fingerprint density at radius 3 is 2.44 bits per heavy atom. The second kappa shape index (κ2) is 8.03. The number of nitrogens with one attached hydrogen (secondary N) is 1. The Morgan fingerprint density at radius 2 is 1.96 bits per heavy atom. The van der Waals surface area contributed by atoms with E-state index in [4.69, 9.17) is 11.5 Å². The van der Waals surface area contributed by atoms with Gasteiger partial charge >= 0.3 is 0 Å². The van der Waals surface area contributed by atoms with Crippen LogP contribution in [0.15, 0.2) is 43.0 Å². The highest BCUT2D eigenvalue weighted by atomic mass is 16.3. The number of aromatic amines is 1. The molecule has 1 saturated heterocycles. The summed E-state index contributed by atoms with van der Waals surface area (Å²) in [6.45, 7) is 11.4. The standard InChI is InChI=1S/C13H15N3O.C8H13NO/c1-8-6-9(13(15)16-8)7-11(14)10-4-2-3-5-12(10)17;1-4-7(10)9-5-8(2,3)6-9/h2-7,16-17H,14-15H2,1H3;4H,1,5-6H2,2-3H3/b11-7-;. The van der Waals surface area contributed by atoms with Crippen molar-refractivity contribution in [3.05, 3.63) is 59.8 Å². The van der Waals surface area contributed by atoms with E-state index in [1.54, 1.807) is 29.2 Å². The molecule has 6 N–H and O–H groups in total. The Hall–Kier alpha value is -3.15. The van der Waals surface area contributed by atoms with Crippen molar-refractivity contribution in [2.75, 3.05) is 18.8 Å². The summed E-state index contributed by atoms with van der Waals surface area (Å²) in [5.41, 5.74) is 14.9. The van der Waals surface area contributed by atoms with Gasteiger partial charge in [-0.05, 0) is 42.7 Å². The summed E-state index contributed by atoms with van der Waals surface area (Å²) in [6.07, 6.45) is 3.11. The minimum atomic E-state index is 0.0549. The van der Waals surface area contributed by atoms with Crippen molar-refractivity contribution in [1.82, 2.24) is 9.88 Å². The lowest BCUT2D eigenvalue weighted by molar-refractivity contribution is -0.135. The van der Waals surface area contributed by atoms with Crippen molar-refractivity contribution in [2.24, 2.45) is 11.1 Å². The molecule has 0 radical (unpaired) electrons. The molecular formula is C21H28N4O2. The number of aromatic hydroxyl groups is 1. The van der Waals surface area contributed by atoms with Gasteiger partial charge in [-0.3, -0.25) is 4.79 Å². The first-order valence-electron chi connectivity index (χ1n) is 8.75. The number of nitrogens with two attached hydrogens (primary N) is 2. The summed E-state index contributed by atoms with van der Waals surface area (Å²) in [6, 6.07) is 8.84. The molecule has 0 spiro atoms. The first-order valence-corrected chi connectivity index (χ1v) is 8.75. The number of anilines is 1. The Balaban J connectivity index is 0.000000223. The predicted molar refractivity (Wildman–Crippen MR) is 111 cm³/mol. The number of likely N-dealkylation sites (tertiary alicyclic amines) is 1. The average Bonchev–Trinajstić information content (AvgIpc) is 2.90. The number of para-hydroxylation sites is 1. The average molecular weight is 368 g/mol. The zero-order valence-electron chi connectivity index (χ0n) is 16.1. The van der Waals surface area contributed by atoms with Crippen LogP contribution in [0.25, 0.3) is 11.8 Å². The number of amides is 1. The second-order valence-corrected chi connectivity index (χ2v) is 7.50. The highest BCUT2D eigenvalue weighted by Gasteiger charge is 2.35. The smallest absolute Gasteiger partial charge is 0.245 e. The molecule has 6 heteroatoms. The third-order valence-corrected chi connectivity index (χ3v) is 4.26. The fraction of sp³-hybridized carbons (Fsp3) is 0.286. The number of rotatable bonds is 3. The van der Waals surface area contributed by atoms with E-state index in [-0.39, 0.29) is 11.7 Å². The summed E-state index contributed by atoms with van der Waals surface area (Å²) in [7, 11) is 0. The van der Waals surface area contributed by atoms with Gasteiger partial charge in [0.1, 0.15) is 11.6 Å². The van der Waals surface area contributed by atoms with Gasteiger partial charge in [0.25, 0.3) is 0 Å². The third kappa shape index (κ3) is 5.17. The molecule has 1 aliphatic heterocycles. The predicted octanol–water partition coefficient (Wildman–Crippen LogP) is 3.11. The van der Waals surface area contributed by atoms with Crippen molar-refractivity contribution >= 4 is 23.5 Å². The second-order valence-electron chi connectivity index (χ2n) is 7.50. The Labute approximate surface area is 160 Å². The van der Waals surface area contributed by atoms with Crippen LogP contribution < -0.4 is 11.5 Å². The quantitative estimate of drug-likeness (QED) is 0.624. The summed E-state index contributed by atoms with van der Waals surface area (Å²) in [4.78, 5) is 15.7. The molecule has 2 aromatic rings. The van der Waals surface area contributed by atoms with Gasteiger partial charge in [0.15, 0.2) is 0 Å². The normalized spacial score (nSPS) is 15.4. The number of nitrogen functional groups attached to an aromatic ring is 1. The number of phenolic OH excluding ortho intramolecular Hbond substituents is 1. The van der Waals surface area contributed by atoms with E-state index in [0.29, 0.717) is 22.5 Å². The largest absolute Gasteiger partial charge is 0.507 e. The van der Waals surface area contributed by atoms with E-state index in [1.807, 2.05) is 19.1 Å². The van der Waals surface area contributed by atoms with Crippen molar-refractivity contribution in [2.45, 2.75) is 20.8 Å². The molecule has 0 atom stereocenters. The van der Waals surface area contributed by atoms with Gasteiger partial charge < -0.3 is 26.5 Å². The van der Waals surface area contributed by atoms with Gasteiger partial charge in [-0.25, -0.2) is 0 Å². The Bertz CT molecular complexity index is 857. The SMILES string of the molecule is C=CC(=O)N1CC(C)(C)C1.Cc1cc(/C=C(\N)c2ccccc2O)c(N)[nH]1. The van der Waals surface area contributed by atoms with Crippen LogP contribution in [0.1, 0.15) is 30.7 Å². The summed E-state index contributed by atoms with van der Waals surface area (Å²) in [5, 5.41) is 9.67. The Kier molecular flexibility index (Phi) is 6.00.